The number of carbonyl (C=O) groups excluding carboxylic acids is 1. The van der Waals surface area contributed by atoms with Crippen molar-refractivity contribution in [2.45, 2.75) is 78.9 Å². The molecule has 4 heterocycles. The van der Waals surface area contributed by atoms with Crippen molar-refractivity contribution in [3.8, 4) is 0 Å². The molecular formula is C27H38FN3O2S. The van der Waals surface area contributed by atoms with Crippen LogP contribution in [0.5, 0.6) is 0 Å². The van der Waals surface area contributed by atoms with Crippen molar-refractivity contribution >= 4 is 17.2 Å². The van der Waals surface area contributed by atoms with E-state index in [1.807, 2.05) is 36.2 Å². The first-order valence-corrected chi connectivity index (χ1v) is 13.5. The van der Waals surface area contributed by atoms with Gasteiger partial charge in [0.2, 0.25) is 0 Å². The summed E-state index contributed by atoms with van der Waals surface area (Å²) in [5.74, 6) is 1.08. The Morgan fingerprint density at radius 2 is 1.88 bits per heavy atom. The van der Waals surface area contributed by atoms with E-state index in [1.54, 1.807) is 6.92 Å². The molecule has 7 heteroatoms. The van der Waals surface area contributed by atoms with Crippen LogP contribution in [0.1, 0.15) is 81.5 Å². The molecule has 2 aromatic heterocycles. The molecule has 2 unspecified atom stereocenters. The fourth-order valence-corrected chi connectivity index (χ4v) is 7.51. The zero-order valence-electron chi connectivity index (χ0n) is 21.2. The van der Waals surface area contributed by atoms with Gasteiger partial charge in [-0.1, -0.05) is 6.92 Å². The molecular weight excluding hydrogens is 449 g/mol. The maximum Gasteiger partial charge on any atom is 0.255 e. The number of aryl methyl sites for hydroxylation is 2. The van der Waals surface area contributed by atoms with Gasteiger partial charge in [-0.25, -0.2) is 4.39 Å². The number of hydrogen-bond donors (Lipinski definition) is 1. The van der Waals surface area contributed by atoms with E-state index in [2.05, 4.69) is 23.7 Å². The van der Waals surface area contributed by atoms with E-state index in [4.69, 9.17) is 0 Å². The molecule has 2 aromatic rings. The lowest BCUT2D eigenvalue weighted by atomic mass is 9.80. The summed E-state index contributed by atoms with van der Waals surface area (Å²) in [6.45, 7) is 13.3. The van der Waals surface area contributed by atoms with Crippen LogP contribution >= 0.6 is 11.3 Å². The Labute approximate surface area is 206 Å². The molecule has 5 nitrogen and oxygen atoms in total. The number of carbonyl (C=O) groups is 1. The van der Waals surface area contributed by atoms with Crippen LogP contribution in [0.15, 0.2) is 10.9 Å². The monoisotopic (exact) mass is 487 g/mol. The molecule has 1 amide bonds. The summed E-state index contributed by atoms with van der Waals surface area (Å²) in [6, 6.07) is 1.97. The number of rotatable bonds is 7. The van der Waals surface area contributed by atoms with Crippen LogP contribution in [0.4, 0.5) is 4.39 Å². The van der Waals surface area contributed by atoms with Crippen LogP contribution in [0.25, 0.3) is 0 Å². The Kier molecular flexibility index (Phi) is 7.63. The van der Waals surface area contributed by atoms with Gasteiger partial charge in [-0.05, 0) is 89.1 Å². The van der Waals surface area contributed by atoms with Crippen LogP contribution in [-0.4, -0.2) is 53.0 Å². The van der Waals surface area contributed by atoms with E-state index >= 15 is 0 Å². The highest BCUT2D eigenvalue weighted by atomic mass is 32.1. The van der Waals surface area contributed by atoms with Gasteiger partial charge < -0.3 is 14.8 Å². The van der Waals surface area contributed by atoms with Gasteiger partial charge >= 0.3 is 0 Å². The summed E-state index contributed by atoms with van der Waals surface area (Å²) >= 11 is 1.83. The van der Waals surface area contributed by atoms with E-state index in [9.17, 15) is 14.0 Å². The van der Waals surface area contributed by atoms with E-state index in [-0.39, 0.29) is 11.5 Å². The normalized spacial score (nSPS) is 19.4. The minimum Gasteiger partial charge on any atom is -0.334 e. The second kappa shape index (κ2) is 10.3. The number of thiophene rings is 1. The Morgan fingerprint density at radius 3 is 2.50 bits per heavy atom. The molecule has 0 aromatic carbocycles. The lowest BCUT2D eigenvalue weighted by Crippen LogP contribution is -2.38. The number of pyridine rings is 1. The number of aromatic nitrogens is 1. The molecule has 0 radical (unpaired) electrons. The lowest BCUT2D eigenvalue weighted by Gasteiger charge is -2.36. The topological polar surface area (TPSA) is 56.4 Å². The first-order valence-electron chi connectivity index (χ1n) is 12.7. The molecule has 0 aliphatic carbocycles. The number of aromatic amines is 1. The molecule has 2 atom stereocenters. The highest BCUT2D eigenvalue weighted by Crippen LogP contribution is 2.43. The number of hydrogen-bond acceptors (Lipinski definition) is 4. The second-order valence-electron chi connectivity index (χ2n) is 10.2. The summed E-state index contributed by atoms with van der Waals surface area (Å²) in [7, 11) is 0. The maximum atomic E-state index is 13.6. The Balaban J connectivity index is 1.53. The number of fused-ring (bicyclic) bond motifs is 1. The summed E-state index contributed by atoms with van der Waals surface area (Å²) in [5.41, 5.74) is 4.36. The predicted molar refractivity (Wildman–Crippen MR) is 137 cm³/mol. The highest BCUT2D eigenvalue weighted by molar-refractivity contribution is 7.12. The minimum absolute atomic E-state index is 0.0576. The minimum atomic E-state index is -0.780. The lowest BCUT2D eigenvalue weighted by molar-refractivity contribution is 0.0727. The molecule has 0 spiro atoms. The molecule has 34 heavy (non-hydrogen) atoms. The standard InChI is InChI=1S/C27H38FN3O2S/c1-6-21(20-7-10-30(11-8-20)14-17(3)28)25-19(5)24-23(34-25)9-12-31(27(24)33)15-22-16(2)13-18(4)29-26(22)32/h13,17,20-21H,6-12,14-15H2,1-5H3,(H,29,32). The summed E-state index contributed by atoms with van der Waals surface area (Å²) < 4.78 is 13.4. The third-order valence-corrected chi connectivity index (χ3v) is 9.18. The largest absolute Gasteiger partial charge is 0.334 e. The summed E-state index contributed by atoms with van der Waals surface area (Å²) in [4.78, 5) is 35.6. The first-order chi connectivity index (χ1) is 16.2. The Hall–Kier alpha value is -1.99. The molecule has 4 rings (SSSR count). The van der Waals surface area contributed by atoms with Gasteiger partial charge in [0.05, 0.1) is 12.1 Å². The molecule has 2 aliphatic rings. The van der Waals surface area contributed by atoms with Crippen molar-refractivity contribution in [2.24, 2.45) is 5.92 Å². The molecule has 0 saturated carbocycles. The summed E-state index contributed by atoms with van der Waals surface area (Å²) in [6.07, 6.45) is 3.29. The third kappa shape index (κ3) is 5.01. The van der Waals surface area contributed by atoms with Crippen LogP contribution in [0.3, 0.4) is 0 Å². The van der Waals surface area contributed by atoms with Crippen molar-refractivity contribution in [1.82, 2.24) is 14.8 Å². The number of piperidine rings is 1. The van der Waals surface area contributed by atoms with E-state index in [1.165, 1.54) is 9.75 Å². The van der Waals surface area contributed by atoms with Gasteiger partial charge in [-0.15, -0.1) is 11.3 Å². The smallest absolute Gasteiger partial charge is 0.255 e. The van der Waals surface area contributed by atoms with Crippen molar-refractivity contribution in [1.29, 1.82) is 0 Å². The Bertz CT molecular complexity index is 1100. The average molecular weight is 488 g/mol. The van der Waals surface area contributed by atoms with Crippen molar-refractivity contribution in [2.75, 3.05) is 26.2 Å². The zero-order valence-corrected chi connectivity index (χ0v) is 22.0. The predicted octanol–water partition coefficient (Wildman–Crippen LogP) is 5.12. The van der Waals surface area contributed by atoms with Gasteiger partial charge in [0.15, 0.2) is 0 Å². The quantitative estimate of drug-likeness (QED) is 0.590. The first kappa shape index (κ1) is 25.1. The molecule has 2 aliphatic heterocycles. The number of H-pyrrole nitrogens is 1. The fraction of sp³-hybridized carbons (Fsp3) is 0.630. The van der Waals surface area contributed by atoms with Gasteiger partial charge in [-0.3, -0.25) is 9.59 Å². The molecule has 0 bridgehead atoms. The summed E-state index contributed by atoms with van der Waals surface area (Å²) in [5, 5.41) is 0. The number of nitrogens with one attached hydrogen (secondary N) is 1. The number of alkyl halides is 1. The Morgan fingerprint density at radius 1 is 1.18 bits per heavy atom. The van der Waals surface area contributed by atoms with Gasteiger partial charge in [-0.2, -0.15) is 0 Å². The fourth-order valence-electron chi connectivity index (χ4n) is 5.94. The number of amides is 1. The zero-order chi connectivity index (χ0) is 24.6. The average Bonchev–Trinajstić information content (AvgIpc) is 3.10. The highest BCUT2D eigenvalue weighted by Gasteiger charge is 2.35. The van der Waals surface area contributed by atoms with Crippen LogP contribution in [0.2, 0.25) is 0 Å². The van der Waals surface area contributed by atoms with Crippen molar-refractivity contribution in [3.63, 3.8) is 0 Å². The molecule has 1 saturated heterocycles. The third-order valence-electron chi connectivity index (χ3n) is 7.70. The number of halogens is 1. The van der Waals surface area contributed by atoms with Crippen LogP contribution < -0.4 is 5.56 Å². The van der Waals surface area contributed by atoms with Crippen LogP contribution in [-0.2, 0) is 13.0 Å². The second-order valence-corrected chi connectivity index (χ2v) is 11.4. The van der Waals surface area contributed by atoms with Gasteiger partial charge in [0.25, 0.3) is 11.5 Å². The molecule has 1 N–H and O–H groups in total. The maximum absolute atomic E-state index is 13.6. The van der Waals surface area contributed by atoms with Crippen LogP contribution in [0, 0.1) is 26.7 Å². The number of likely N-dealkylation sites (tertiary alicyclic amines) is 1. The van der Waals surface area contributed by atoms with Gasteiger partial charge in [0.1, 0.15) is 6.17 Å². The van der Waals surface area contributed by atoms with Gasteiger partial charge in [0, 0.05) is 40.5 Å². The van der Waals surface area contributed by atoms with E-state index in [0.717, 1.165) is 61.2 Å². The number of nitrogens with zero attached hydrogens (tertiary/aromatic N) is 2. The SMILES string of the molecule is CCC(c1sc2c(c1C)C(=O)N(Cc1c(C)cc(C)[nH]c1=O)CC2)C1CCN(CC(C)F)CC1. The van der Waals surface area contributed by atoms with E-state index in [0.29, 0.717) is 37.0 Å². The van der Waals surface area contributed by atoms with E-state index < -0.39 is 6.17 Å². The molecule has 1 fully saturated rings. The van der Waals surface area contributed by atoms with Crippen molar-refractivity contribution in [3.05, 3.63) is 54.1 Å². The van der Waals surface area contributed by atoms with Crippen molar-refractivity contribution < 1.29 is 9.18 Å². The molecule has 186 valence electrons.